The Morgan fingerprint density at radius 3 is 2.15 bits per heavy atom. The van der Waals surface area contributed by atoms with Gasteiger partial charge in [-0.25, -0.2) is 0 Å². The lowest BCUT2D eigenvalue weighted by atomic mass is 9.78. The quantitative estimate of drug-likeness (QED) is 0.502. The van der Waals surface area contributed by atoms with E-state index in [1.165, 1.54) is 55.2 Å². The molecule has 0 heteroatoms. The maximum Gasteiger partial charge on any atom is 0.0249 e. The van der Waals surface area contributed by atoms with E-state index in [9.17, 15) is 0 Å². The summed E-state index contributed by atoms with van der Waals surface area (Å²) in [5.74, 6) is 7.90. The predicted molar refractivity (Wildman–Crippen MR) is 117 cm³/mol. The number of hydrogen-bond acceptors (Lipinski definition) is 0. The summed E-state index contributed by atoms with van der Waals surface area (Å²) in [6, 6.07) is 18.0. The van der Waals surface area contributed by atoms with Gasteiger partial charge in [0.2, 0.25) is 0 Å². The van der Waals surface area contributed by atoms with E-state index in [0.29, 0.717) is 5.92 Å². The van der Waals surface area contributed by atoms with Crippen molar-refractivity contribution in [1.29, 1.82) is 0 Å². The van der Waals surface area contributed by atoms with E-state index in [-0.39, 0.29) is 0 Å². The number of rotatable bonds is 5. The van der Waals surface area contributed by atoms with Crippen LogP contribution in [0.4, 0.5) is 0 Å². The molecule has 0 unspecified atom stereocenters. The van der Waals surface area contributed by atoms with E-state index in [1.807, 2.05) is 0 Å². The van der Waals surface area contributed by atoms with Crippen molar-refractivity contribution < 1.29 is 0 Å². The standard InChI is InChI=1S/C27H32/c1-3-7-23-14-18-26(19-15-23)27-20-16-25(17-21-27)9-6-5-8-24-12-10-22(4-2)11-13-24/h6,9-15,18-19,25,27H,3-4,7,16-17,20-21H2,1-2H3/b9-6+/t25-,27-. The molecule has 140 valence electrons. The first-order chi connectivity index (χ1) is 13.3. The van der Waals surface area contributed by atoms with Crippen molar-refractivity contribution in [2.24, 2.45) is 5.92 Å². The zero-order chi connectivity index (χ0) is 18.9. The zero-order valence-corrected chi connectivity index (χ0v) is 16.9. The SMILES string of the molecule is CCCc1ccc([C@H]2CC[C@H](/C=C/C#Cc3ccc(CC)cc3)CC2)cc1. The van der Waals surface area contributed by atoms with Gasteiger partial charge < -0.3 is 0 Å². The molecule has 3 rings (SSSR count). The first-order valence-corrected chi connectivity index (χ1v) is 10.6. The smallest absolute Gasteiger partial charge is 0.0249 e. The Morgan fingerprint density at radius 2 is 1.52 bits per heavy atom. The molecule has 1 aliphatic carbocycles. The number of aryl methyl sites for hydroxylation is 2. The summed E-state index contributed by atoms with van der Waals surface area (Å²) in [6.07, 6.45) is 13.1. The summed E-state index contributed by atoms with van der Waals surface area (Å²) in [6.45, 7) is 4.43. The maximum atomic E-state index is 3.25. The fraction of sp³-hybridized carbons (Fsp3) is 0.407. The molecule has 0 spiro atoms. The molecule has 0 bridgehead atoms. The Kier molecular flexibility index (Phi) is 7.35. The van der Waals surface area contributed by atoms with Crippen molar-refractivity contribution in [2.45, 2.75) is 64.7 Å². The van der Waals surface area contributed by atoms with Gasteiger partial charge >= 0.3 is 0 Å². The van der Waals surface area contributed by atoms with Gasteiger partial charge in [0.15, 0.2) is 0 Å². The summed E-state index contributed by atoms with van der Waals surface area (Å²) in [4.78, 5) is 0. The van der Waals surface area contributed by atoms with Crippen LogP contribution in [0, 0.1) is 17.8 Å². The van der Waals surface area contributed by atoms with E-state index < -0.39 is 0 Å². The van der Waals surface area contributed by atoms with Crippen molar-refractivity contribution in [3.05, 3.63) is 82.9 Å². The highest BCUT2D eigenvalue weighted by molar-refractivity contribution is 5.38. The largest absolute Gasteiger partial charge is 0.0730 e. The van der Waals surface area contributed by atoms with E-state index in [2.05, 4.69) is 86.4 Å². The lowest BCUT2D eigenvalue weighted by Crippen LogP contribution is -2.11. The highest BCUT2D eigenvalue weighted by Gasteiger charge is 2.20. The summed E-state index contributed by atoms with van der Waals surface area (Å²) in [5.41, 5.74) is 5.48. The third kappa shape index (κ3) is 5.86. The molecular weight excluding hydrogens is 324 g/mol. The Morgan fingerprint density at radius 1 is 0.852 bits per heavy atom. The fourth-order valence-electron chi connectivity index (χ4n) is 4.02. The minimum atomic E-state index is 0.692. The molecule has 1 fully saturated rings. The van der Waals surface area contributed by atoms with E-state index in [4.69, 9.17) is 0 Å². The summed E-state index contributed by atoms with van der Waals surface area (Å²) in [5, 5.41) is 0. The molecule has 0 N–H and O–H groups in total. The molecule has 2 aromatic carbocycles. The predicted octanol–water partition coefficient (Wildman–Crippen LogP) is 7.08. The third-order valence-electron chi connectivity index (χ3n) is 5.79. The molecule has 2 aromatic rings. The maximum absolute atomic E-state index is 3.25. The van der Waals surface area contributed by atoms with Crippen molar-refractivity contribution in [3.63, 3.8) is 0 Å². The molecule has 27 heavy (non-hydrogen) atoms. The zero-order valence-electron chi connectivity index (χ0n) is 16.9. The van der Waals surface area contributed by atoms with Crippen LogP contribution < -0.4 is 0 Å². The van der Waals surface area contributed by atoms with Gasteiger partial charge in [-0.15, -0.1) is 0 Å². The molecule has 0 aromatic heterocycles. The van der Waals surface area contributed by atoms with Gasteiger partial charge in [0, 0.05) is 5.56 Å². The van der Waals surface area contributed by atoms with Crippen LogP contribution in [0.15, 0.2) is 60.7 Å². The summed E-state index contributed by atoms with van der Waals surface area (Å²) >= 11 is 0. The van der Waals surface area contributed by atoms with Gasteiger partial charge in [0.1, 0.15) is 0 Å². The highest BCUT2D eigenvalue weighted by atomic mass is 14.3. The molecule has 0 aliphatic heterocycles. The lowest BCUT2D eigenvalue weighted by molar-refractivity contribution is 0.376. The average molecular weight is 357 g/mol. The first kappa shape index (κ1) is 19.5. The van der Waals surface area contributed by atoms with Crippen LogP contribution in [0.3, 0.4) is 0 Å². The fourth-order valence-corrected chi connectivity index (χ4v) is 4.02. The van der Waals surface area contributed by atoms with Gasteiger partial charge in [0.05, 0.1) is 0 Å². The Bertz CT molecular complexity index is 773. The molecule has 0 atom stereocenters. The van der Waals surface area contributed by atoms with Gasteiger partial charge in [-0.1, -0.05) is 74.6 Å². The van der Waals surface area contributed by atoms with Crippen LogP contribution in [0.25, 0.3) is 0 Å². The van der Waals surface area contributed by atoms with Crippen molar-refractivity contribution in [1.82, 2.24) is 0 Å². The number of allylic oxidation sites excluding steroid dienone is 2. The van der Waals surface area contributed by atoms with Gasteiger partial charge in [0.25, 0.3) is 0 Å². The third-order valence-corrected chi connectivity index (χ3v) is 5.79. The van der Waals surface area contributed by atoms with E-state index >= 15 is 0 Å². The monoisotopic (exact) mass is 356 g/mol. The molecular formula is C27H32. The van der Waals surface area contributed by atoms with Crippen LogP contribution in [-0.2, 0) is 12.8 Å². The van der Waals surface area contributed by atoms with Gasteiger partial charge in [-0.3, -0.25) is 0 Å². The molecule has 0 nitrogen and oxygen atoms in total. The normalized spacial score (nSPS) is 19.6. The van der Waals surface area contributed by atoms with E-state index in [1.54, 1.807) is 0 Å². The van der Waals surface area contributed by atoms with Gasteiger partial charge in [-0.05, 0) is 85.3 Å². The molecule has 0 radical (unpaired) electrons. The minimum absolute atomic E-state index is 0.692. The number of benzene rings is 2. The minimum Gasteiger partial charge on any atom is -0.0730 e. The summed E-state index contributed by atoms with van der Waals surface area (Å²) in [7, 11) is 0. The van der Waals surface area contributed by atoms with Crippen molar-refractivity contribution in [3.8, 4) is 11.8 Å². The second-order valence-corrected chi connectivity index (χ2v) is 7.78. The Labute approximate surface area is 165 Å². The van der Waals surface area contributed by atoms with Crippen molar-refractivity contribution >= 4 is 0 Å². The second kappa shape index (κ2) is 10.2. The topological polar surface area (TPSA) is 0 Å². The Balaban J connectivity index is 1.47. The molecule has 0 amide bonds. The second-order valence-electron chi connectivity index (χ2n) is 7.78. The molecule has 1 aliphatic rings. The van der Waals surface area contributed by atoms with Crippen LogP contribution in [0.1, 0.15) is 74.1 Å². The highest BCUT2D eigenvalue weighted by Crippen LogP contribution is 2.36. The lowest BCUT2D eigenvalue weighted by Gasteiger charge is -2.27. The molecule has 0 heterocycles. The van der Waals surface area contributed by atoms with Crippen LogP contribution in [-0.4, -0.2) is 0 Å². The average Bonchev–Trinajstić information content (AvgIpc) is 2.73. The van der Waals surface area contributed by atoms with Crippen molar-refractivity contribution in [2.75, 3.05) is 0 Å². The Hall–Kier alpha value is -2.26. The number of hydrogen-bond donors (Lipinski definition) is 0. The molecule has 1 saturated carbocycles. The van der Waals surface area contributed by atoms with Gasteiger partial charge in [-0.2, -0.15) is 0 Å². The van der Waals surface area contributed by atoms with Crippen LogP contribution >= 0.6 is 0 Å². The van der Waals surface area contributed by atoms with E-state index in [0.717, 1.165) is 17.9 Å². The molecule has 0 saturated heterocycles. The summed E-state index contributed by atoms with van der Waals surface area (Å²) < 4.78 is 0. The van der Waals surface area contributed by atoms with Crippen LogP contribution in [0.5, 0.6) is 0 Å². The first-order valence-electron chi connectivity index (χ1n) is 10.6. The van der Waals surface area contributed by atoms with Crippen LogP contribution in [0.2, 0.25) is 0 Å².